The number of hydrogen-bond donors (Lipinski definition) is 1. The summed E-state index contributed by atoms with van der Waals surface area (Å²) >= 11 is 6.10. The summed E-state index contributed by atoms with van der Waals surface area (Å²) in [5, 5.41) is 1.99. The van der Waals surface area contributed by atoms with Gasteiger partial charge in [0.1, 0.15) is 23.7 Å². The second kappa shape index (κ2) is 10.2. The highest BCUT2D eigenvalue weighted by Gasteiger charge is 2.34. The Morgan fingerprint density at radius 2 is 1.75 bits per heavy atom. The van der Waals surface area contributed by atoms with Gasteiger partial charge in [-0.15, -0.1) is 0 Å². The molecule has 1 heterocycles. The van der Waals surface area contributed by atoms with Gasteiger partial charge in [-0.1, -0.05) is 23.7 Å². The molecule has 0 fully saturated rings. The maximum Gasteiger partial charge on any atom is 0.432 e. The molecule has 0 radical (unpaired) electrons. The van der Waals surface area contributed by atoms with Gasteiger partial charge in [-0.05, 0) is 51.1 Å². The third-order valence-corrected chi connectivity index (χ3v) is 5.17. The van der Waals surface area contributed by atoms with Crippen LogP contribution in [-0.2, 0) is 22.3 Å². The van der Waals surface area contributed by atoms with Gasteiger partial charge in [-0.2, -0.15) is 13.2 Å². The second-order valence-electron chi connectivity index (χ2n) is 8.84. The lowest BCUT2D eigenvalue weighted by molar-refractivity contribution is -0.155. The van der Waals surface area contributed by atoms with Crippen molar-refractivity contribution in [3.05, 3.63) is 86.5 Å². The zero-order valence-corrected chi connectivity index (χ0v) is 20.2. The molecule has 1 aromatic heterocycles. The van der Waals surface area contributed by atoms with Gasteiger partial charge in [-0.25, -0.2) is 9.07 Å². The molecule has 192 valence electrons. The van der Waals surface area contributed by atoms with Crippen LogP contribution in [0.4, 0.5) is 17.6 Å². The molecule has 3 rings (SSSR count). The number of amides is 1. The number of benzene rings is 2. The number of aromatic amines is 1. The van der Waals surface area contributed by atoms with E-state index in [0.29, 0.717) is 10.7 Å². The fourth-order valence-corrected chi connectivity index (χ4v) is 3.52. The van der Waals surface area contributed by atoms with Crippen molar-refractivity contribution in [2.45, 2.75) is 39.1 Å². The average molecular weight is 528 g/mol. The number of alkyl halides is 3. The quantitative estimate of drug-likeness (QED) is 0.363. The molecule has 1 amide bonds. The number of carbonyl (C=O) groups excluding carboxylic acids is 2. The lowest BCUT2D eigenvalue weighted by atomic mass is 10.1. The molecule has 2 aromatic carbocycles. The van der Waals surface area contributed by atoms with E-state index in [1.165, 1.54) is 36.4 Å². The first kappa shape index (κ1) is 27.0. The van der Waals surface area contributed by atoms with E-state index in [2.05, 4.69) is 0 Å². The molecular formula is C24H22ClF4N3O4. The van der Waals surface area contributed by atoms with Crippen LogP contribution in [0.15, 0.2) is 53.3 Å². The van der Waals surface area contributed by atoms with Gasteiger partial charge in [0.15, 0.2) is 0 Å². The van der Waals surface area contributed by atoms with Crippen LogP contribution in [-0.4, -0.2) is 38.7 Å². The minimum absolute atomic E-state index is 0.0309. The van der Waals surface area contributed by atoms with E-state index >= 15 is 0 Å². The van der Waals surface area contributed by atoms with E-state index < -0.39 is 53.8 Å². The zero-order chi connectivity index (χ0) is 26.8. The van der Waals surface area contributed by atoms with Crippen molar-refractivity contribution in [1.29, 1.82) is 0 Å². The lowest BCUT2D eigenvalue weighted by Gasteiger charge is -2.26. The highest BCUT2D eigenvalue weighted by molar-refractivity contribution is 6.31. The third-order valence-electron chi connectivity index (χ3n) is 4.82. The summed E-state index contributed by atoms with van der Waals surface area (Å²) in [4.78, 5) is 39.0. The fourth-order valence-electron chi connectivity index (χ4n) is 3.30. The molecule has 0 unspecified atom stereocenters. The summed E-state index contributed by atoms with van der Waals surface area (Å²) < 4.78 is 59.3. The number of ether oxygens (including phenoxy) is 1. The number of esters is 1. The van der Waals surface area contributed by atoms with Gasteiger partial charge in [0.2, 0.25) is 0 Å². The molecule has 0 aliphatic heterocycles. The normalized spacial score (nSPS) is 11.9. The summed E-state index contributed by atoms with van der Waals surface area (Å²) in [7, 11) is 0. The number of H-pyrrole nitrogens is 1. The smallest absolute Gasteiger partial charge is 0.432 e. The predicted octanol–water partition coefficient (Wildman–Crippen LogP) is 4.96. The van der Waals surface area contributed by atoms with Crippen molar-refractivity contribution < 1.29 is 31.9 Å². The average Bonchev–Trinajstić information content (AvgIpc) is 3.16. The van der Waals surface area contributed by atoms with Crippen molar-refractivity contribution in [1.82, 2.24) is 14.7 Å². The number of hydrogen-bond acceptors (Lipinski definition) is 4. The Morgan fingerprint density at radius 1 is 1.08 bits per heavy atom. The first-order valence-electron chi connectivity index (χ1n) is 10.6. The van der Waals surface area contributed by atoms with E-state index in [0.717, 1.165) is 11.0 Å². The van der Waals surface area contributed by atoms with E-state index in [4.69, 9.17) is 16.3 Å². The van der Waals surface area contributed by atoms with Crippen LogP contribution < -0.4 is 5.56 Å². The van der Waals surface area contributed by atoms with E-state index in [9.17, 15) is 31.9 Å². The third kappa shape index (κ3) is 6.54. The van der Waals surface area contributed by atoms with Crippen LogP contribution in [0, 0.1) is 5.82 Å². The van der Waals surface area contributed by atoms with Gasteiger partial charge in [-0.3, -0.25) is 19.5 Å². The number of aromatic nitrogens is 2. The summed E-state index contributed by atoms with van der Waals surface area (Å²) in [6.07, 6.45) is -4.78. The van der Waals surface area contributed by atoms with E-state index in [1.54, 1.807) is 20.8 Å². The molecule has 0 aliphatic rings. The number of nitrogens with zero attached hydrogens (tertiary/aromatic N) is 2. The Hall–Kier alpha value is -3.60. The highest BCUT2D eigenvalue weighted by atomic mass is 35.5. The summed E-state index contributed by atoms with van der Waals surface area (Å²) in [5.74, 6) is -2.23. The molecule has 0 atom stereocenters. The molecular weight excluding hydrogens is 506 g/mol. The molecule has 3 aromatic rings. The highest BCUT2D eigenvalue weighted by Crippen LogP contribution is 2.27. The van der Waals surface area contributed by atoms with Gasteiger partial charge in [0.25, 0.3) is 11.5 Å². The van der Waals surface area contributed by atoms with Crippen molar-refractivity contribution in [3.8, 4) is 5.69 Å². The second-order valence-corrected chi connectivity index (χ2v) is 9.25. The minimum atomic E-state index is -4.78. The Balaban J connectivity index is 1.98. The standard InChI is InChI=1S/C24H22ClF4N3O4/c1-23(2,3)36-21(34)13-31(12-16-17(25)8-5-9-18(16)26)22(35)14-6-4-7-15(10-14)32-20(33)11-19(30-32)24(27,28)29/h4-11,30H,12-13H2,1-3H3. The van der Waals surface area contributed by atoms with Crippen LogP contribution in [0.2, 0.25) is 5.02 Å². The Kier molecular flexibility index (Phi) is 7.63. The fraction of sp³-hybridized carbons (Fsp3) is 0.292. The van der Waals surface area contributed by atoms with Crippen LogP contribution in [0.5, 0.6) is 0 Å². The molecule has 0 spiro atoms. The summed E-state index contributed by atoms with van der Waals surface area (Å²) in [6, 6.07) is 9.53. The van der Waals surface area contributed by atoms with Gasteiger partial charge in [0, 0.05) is 22.2 Å². The van der Waals surface area contributed by atoms with Gasteiger partial charge >= 0.3 is 12.1 Å². The Morgan fingerprint density at radius 3 is 2.33 bits per heavy atom. The Bertz CT molecular complexity index is 1320. The van der Waals surface area contributed by atoms with Crippen LogP contribution >= 0.6 is 11.6 Å². The Labute approximate surface area is 208 Å². The van der Waals surface area contributed by atoms with E-state index in [-0.39, 0.29) is 21.8 Å². The van der Waals surface area contributed by atoms with Gasteiger partial charge < -0.3 is 9.64 Å². The van der Waals surface area contributed by atoms with Crippen LogP contribution in [0.25, 0.3) is 5.69 Å². The number of rotatable bonds is 6. The zero-order valence-electron chi connectivity index (χ0n) is 19.5. The van der Waals surface area contributed by atoms with Crippen molar-refractivity contribution in [3.63, 3.8) is 0 Å². The van der Waals surface area contributed by atoms with Crippen molar-refractivity contribution >= 4 is 23.5 Å². The van der Waals surface area contributed by atoms with Crippen molar-refractivity contribution in [2.75, 3.05) is 6.54 Å². The lowest BCUT2D eigenvalue weighted by Crippen LogP contribution is -2.38. The minimum Gasteiger partial charge on any atom is -0.459 e. The predicted molar refractivity (Wildman–Crippen MR) is 123 cm³/mol. The van der Waals surface area contributed by atoms with Gasteiger partial charge in [0.05, 0.1) is 12.2 Å². The SMILES string of the molecule is CC(C)(C)OC(=O)CN(Cc1c(F)cccc1Cl)C(=O)c1cccc(-n2[nH]c(C(F)(F)F)cc2=O)c1. The molecule has 7 nitrogen and oxygen atoms in total. The molecule has 0 bridgehead atoms. The molecule has 0 aliphatic carbocycles. The first-order valence-corrected chi connectivity index (χ1v) is 11.0. The summed E-state index contributed by atoms with van der Waals surface area (Å²) in [5.41, 5.74) is -3.27. The molecule has 0 saturated carbocycles. The van der Waals surface area contributed by atoms with Crippen molar-refractivity contribution in [2.24, 2.45) is 0 Å². The molecule has 0 saturated heterocycles. The topological polar surface area (TPSA) is 84.4 Å². The molecule has 12 heteroatoms. The van der Waals surface area contributed by atoms with Crippen LogP contribution in [0.1, 0.15) is 42.4 Å². The number of halogens is 5. The van der Waals surface area contributed by atoms with E-state index in [1.807, 2.05) is 5.10 Å². The maximum atomic E-state index is 14.4. The molecule has 1 N–H and O–H groups in total. The largest absolute Gasteiger partial charge is 0.459 e. The number of nitrogens with one attached hydrogen (secondary N) is 1. The number of carbonyl (C=O) groups is 2. The summed E-state index contributed by atoms with van der Waals surface area (Å²) in [6.45, 7) is 3.95. The van der Waals surface area contributed by atoms with Crippen LogP contribution in [0.3, 0.4) is 0 Å². The monoisotopic (exact) mass is 527 g/mol. The molecule has 36 heavy (non-hydrogen) atoms. The maximum absolute atomic E-state index is 14.4. The first-order chi connectivity index (χ1) is 16.7.